The molecule has 1 aliphatic rings. The third-order valence-corrected chi connectivity index (χ3v) is 4.61. The van der Waals surface area contributed by atoms with Crippen LogP contribution in [0.25, 0.3) is 0 Å². The van der Waals surface area contributed by atoms with Gasteiger partial charge < -0.3 is 10.5 Å². The molecule has 0 bridgehead atoms. The maximum Gasteiger partial charge on any atom is 0.416 e. The summed E-state index contributed by atoms with van der Waals surface area (Å²) in [7, 11) is -5.55. The summed E-state index contributed by atoms with van der Waals surface area (Å²) in [5.41, 5.74) is 0.355. The van der Waals surface area contributed by atoms with Crippen molar-refractivity contribution in [1.82, 2.24) is 0 Å². The Bertz CT molecular complexity index is 1450. The first kappa shape index (κ1) is 11.2. The fraction of sp³-hybridized carbons (Fsp3) is 0.167. The van der Waals surface area contributed by atoms with Crippen molar-refractivity contribution < 1.29 is 48.0 Å². The van der Waals surface area contributed by atoms with Crippen LogP contribution in [0.5, 0.6) is 0 Å². The summed E-state index contributed by atoms with van der Waals surface area (Å²) in [6, 6.07) is -11.1. The second-order valence-corrected chi connectivity index (χ2v) is 6.86. The predicted octanol–water partition coefficient (Wildman–Crippen LogP) is 3.15. The molecule has 2 atom stereocenters. The van der Waals surface area contributed by atoms with Crippen molar-refractivity contribution >= 4 is 15.9 Å². The molecule has 0 fully saturated rings. The van der Waals surface area contributed by atoms with E-state index in [0.717, 1.165) is 0 Å². The lowest BCUT2D eigenvalue weighted by Crippen LogP contribution is -2.21. The minimum Gasteiger partial charge on any atom is -0.463 e. The maximum absolute atomic E-state index is 13.3. The maximum atomic E-state index is 13.3. The Labute approximate surface area is 170 Å². The largest absolute Gasteiger partial charge is 0.463 e. The average Bonchev–Trinajstić information content (AvgIpc) is 3.04. The van der Waals surface area contributed by atoms with Gasteiger partial charge in [-0.15, -0.1) is 0 Å². The zero-order valence-corrected chi connectivity index (χ0v) is 14.2. The Balaban J connectivity index is 2.28. The van der Waals surface area contributed by atoms with E-state index >= 15 is 0 Å². The highest BCUT2D eigenvalue weighted by Crippen LogP contribution is 2.41. The van der Waals surface area contributed by atoms with Crippen molar-refractivity contribution in [3.8, 4) is 0 Å². The number of nitrogens with two attached hydrogens (primary N) is 1. The topological polar surface area (TPSA) is 107 Å². The lowest BCUT2D eigenvalue weighted by molar-refractivity contribution is -0.137. The fourth-order valence-electron chi connectivity index (χ4n) is 2.38. The van der Waals surface area contributed by atoms with Crippen LogP contribution in [0.2, 0.25) is 0 Å². The van der Waals surface area contributed by atoms with Gasteiger partial charge in [-0.25, -0.2) is 0 Å². The van der Waals surface area contributed by atoms with Gasteiger partial charge in [-0.3, -0.25) is 9.35 Å². The van der Waals surface area contributed by atoms with Crippen molar-refractivity contribution in [1.29, 1.82) is 0 Å². The molecule has 2 aromatic carbocycles. The van der Waals surface area contributed by atoms with Gasteiger partial charge in [0.2, 0.25) is 5.78 Å². The molecule has 3 rings (SSSR count). The molecule has 0 saturated carbocycles. The van der Waals surface area contributed by atoms with E-state index in [1.54, 1.807) is 0 Å². The van der Waals surface area contributed by atoms with Crippen molar-refractivity contribution in [2.75, 3.05) is 0 Å². The SMILES string of the molecule is [2H]c1c([2H])c([2H])c(C(C2=C(N)OC(c3c([2H])c([2H])c(C(F)(F)F)c([2H])c3[2H])C2=O)S(=O)(=O)O)c([2H])c1[2H]. The van der Waals surface area contributed by atoms with Crippen LogP contribution in [0.3, 0.4) is 0 Å². The van der Waals surface area contributed by atoms with Gasteiger partial charge in [0.15, 0.2) is 12.0 Å². The van der Waals surface area contributed by atoms with Gasteiger partial charge in [0.05, 0.1) is 23.5 Å². The Morgan fingerprint density at radius 2 is 1.68 bits per heavy atom. The number of ether oxygens (including phenoxy) is 1. The molecule has 0 aliphatic carbocycles. The fourth-order valence-corrected chi connectivity index (χ4v) is 3.33. The lowest BCUT2D eigenvalue weighted by Gasteiger charge is -2.15. The second kappa shape index (κ2) is 6.95. The number of carbonyl (C=O) groups excluding carboxylic acids is 1. The first-order valence-electron chi connectivity index (χ1n) is 11.7. The first-order valence-corrected chi connectivity index (χ1v) is 8.66. The number of hydrogen-bond donors (Lipinski definition) is 2. The standard InChI is InChI=1S/C18H14F3NO5S/c19-18(20,21)12-8-6-10(7-9-12)15-14(23)13(17(22)27-15)16(28(24,25)26)11-4-2-1-3-5-11/h1-9,15-16H,22H2,(H,24,25,26)/i1D,2D,3D,4D,5D,6D,7D,8D,9D. The summed E-state index contributed by atoms with van der Waals surface area (Å²) < 4.78 is 149. The van der Waals surface area contributed by atoms with E-state index in [1.807, 2.05) is 0 Å². The molecule has 0 saturated heterocycles. The molecule has 0 amide bonds. The quantitative estimate of drug-likeness (QED) is 0.733. The van der Waals surface area contributed by atoms with Gasteiger partial charge in [-0.05, 0) is 17.6 Å². The van der Waals surface area contributed by atoms with Crippen molar-refractivity contribution in [2.45, 2.75) is 17.5 Å². The molecule has 2 unspecified atom stereocenters. The summed E-state index contributed by atoms with van der Waals surface area (Å²) in [6.07, 6.45) is -7.63. The minimum atomic E-state index is -5.55. The highest BCUT2D eigenvalue weighted by atomic mass is 32.2. The second-order valence-electron chi connectivity index (χ2n) is 5.36. The predicted molar refractivity (Wildman–Crippen MR) is 92.2 cm³/mol. The van der Waals surface area contributed by atoms with Gasteiger partial charge in [-0.2, -0.15) is 21.6 Å². The summed E-state index contributed by atoms with van der Waals surface area (Å²) in [5, 5.41) is -2.73. The van der Waals surface area contributed by atoms with Crippen molar-refractivity contribution in [3.63, 3.8) is 0 Å². The van der Waals surface area contributed by atoms with Gasteiger partial charge in [0, 0.05) is 5.56 Å². The van der Waals surface area contributed by atoms with Crippen LogP contribution < -0.4 is 5.73 Å². The van der Waals surface area contributed by atoms with Gasteiger partial charge in [-0.1, -0.05) is 42.3 Å². The van der Waals surface area contributed by atoms with Crippen molar-refractivity contribution in [3.05, 3.63) is 82.5 Å². The summed E-state index contributed by atoms with van der Waals surface area (Å²) in [4.78, 5) is 13.2. The van der Waals surface area contributed by atoms with E-state index in [4.69, 9.17) is 22.8 Å². The first-order chi connectivity index (χ1) is 16.7. The Morgan fingerprint density at radius 1 is 1.11 bits per heavy atom. The number of hydrogen-bond acceptors (Lipinski definition) is 5. The number of halogens is 3. The molecule has 0 spiro atoms. The van der Waals surface area contributed by atoms with E-state index in [9.17, 15) is 30.9 Å². The molecule has 0 radical (unpaired) electrons. The van der Waals surface area contributed by atoms with E-state index in [2.05, 4.69) is 0 Å². The van der Waals surface area contributed by atoms with Crippen LogP contribution in [-0.4, -0.2) is 18.8 Å². The Morgan fingerprint density at radius 3 is 2.18 bits per heavy atom. The summed E-state index contributed by atoms with van der Waals surface area (Å²) >= 11 is 0. The number of ketones is 1. The van der Waals surface area contributed by atoms with E-state index < -0.39 is 116 Å². The van der Waals surface area contributed by atoms with Gasteiger partial charge in [0.1, 0.15) is 5.25 Å². The summed E-state index contributed by atoms with van der Waals surface area (Å²) in [6.45, 7) is 0. The molecule has 148 valence electrons. The van der Waals surface area contributed by atoms with Crippen molar-refractivity contribution in [2.24, 2.45) is 5.73 Å². The van der Waals surface area contributed by atoms with E-state index in [0.29, 0.717) is 0 Å². The zero-order valence-electron chi connectivity index (χ0n) is 22.4. The molecule has 6 nitrogen and oxygen atoms in total. The third kappa shape index (κ3) is 3.73. The van der Waals surface area contributed by atoms with Crippen LogP contribution in [0, 0.1) is 0 Å². The third-order valence-electron chi connectivity index (χ3n) is 3.55. The van der Waals surface area contributed by atoms with Crippen LogP contribution in [0.1, 0.15) is 40.4 Å². The molecule has 3 N–H and O–H groups in total. The van der Waals surface area contributed by atoms with Crippen LogP contribution >= 0.6 is 0 Å². The molecule has 2 aromatic rings. The number of alkyl halides is 3. The number of carbonyl (C=O) groups is 1. The number of Topliss-reactive ketones (excluding diaryl/α,β-unsaturated/α-hetero) is 1. The Kier molecular flexibility index (Phi) is 2.79. The Hall–Kier alpha value is -2.85. The van der Waals surface area contributed by atoms with E-state index in [-0.39, 0.29) is 0 Å². The molecular weight excluding hydrogens is 399 g/mol. The van der Waals surface area contributed by atoms with Gasteiger partial charge >= 0.3 is 6.18 Å². The highest BCUT2D eigenvalue weighted by Gasteiger charge is 2.44. The molecule has 1 aliphatic heterocycles. The van der Waals surface area contributed by atoms with Crippen LogP contribution in [0.4, 0.5) is 13.2 Å². The van der Waals surface area contributed by atoms with Crippen LogP contribution in [-0.2, 0) is 25.8 Å². The number of benzene rings is 2. The van der Waals surface area contributed by atoms with Gasteiger partial charge in [0.25, 0.3) is 10.1 Å². The smallest absolute Gasteiger partial charge is 0.416 e. The molecular formula is C18H14F3NO5S. The zero-order chi connectivity index (χ0) is 28.5. The number of rotatable bonds is 4. The monoisotopic (exact) mass is 422 g/mol. The highest BCUT2D eigenvalue weighted by molar-refractivity contribution is 7.86. The molecule has 0 aromatic heterocycles. The summed E-state index contributed by atoms with van der Waals surface area (Å²) in [5.74, 6) is -2.67. The van der Waals surface area contributed by atoms with E-state index in [1.165, 1.54) is 0 Å². The normalized spacial score (nSPS) is 23.4. The minimum absolute atomic E-state index is 0.935. The van der Waals surface area contributed by atoms with Crippen LogP contribution in [0.15, 0.2) is 65.8 Å². The molecule has 10 heteroatoms. The molecule has 1 heterocycles. The average molecular weight is 422 g/mol. The molecule has 28 heavy (non-hydrogen) atoms. The lowest BCUT2D eigenvalue weighted by atomic mass is 9.96.